The molecule has 1 fully saturated rings. The zero-order valence-electron chi connectivity index (χ0n) is 14.9. The molecule has 6 nitrogen and oxygen atoms in total. The maximum atomic E-state index is 12.5. The summed E-state index contributed by atoms with van der Waals surface area (Å²) in [7, 11) is 0. The maximum absolute atomic E-state index is 12.5. The average Bonchev–Trinajstić information content (AvgIpc) is 3.20. The lowest BCUT2D eigenvalue weighted by molar-refractivity contribution is -0.143. The van der Waals surface area contributed by atoms with Crippen molar-refractivity contribution in [1.29, 1.82) is 0 Å². The van der Waals surface area contributed by atoms with Crippen molar-refractivity contribution in [1.82, 2.24) is 4.90 Å². The number of aliphatic carboxylic acids is 1. The molecule has 0 spiro atoms. The van der Waals surface area contributed by atoms with Crippen LogP contribution in [0, 0.1) is 5.92 Å². The lowest BCUT2D eigenvalue weighted by Crippen LogP contribution is -2.40. The standard InChI is InChI=1S/C20H22N2O4S/c23-18(8-7-17-2-1-13-27-17)21-16-5-3-14(4-6-16)19(24)22-11-9-15(10-12-22)20(25)26/h1-6,13,15H,7-12H2,(H,21,23)(H,25,26). The SMILES string of the molecule is O=C(CCc1cccs1)Nc1ccc(C(=O)N2CCC(C(=O)O)CC2)cc1. The summed E-state index contributed by atoms with van der Waals surface area (Å²) >= 11 is 1.64. The molecule has 1 aromatic carbocycles. The van der Waals surface area contributed by atoms with Gasteiger partial charge in [0.1, 0.15) is 0 Å². The fraction of sp³-hybridized carbons (Fsp3) is 0.350. The van der Waals surface area contributed by atoms with Crippen molar-refractivity contribution in [2.24, 2.45) is 5.92 Å². The number of aryl methyl sites for hydroxylation is 1. The van der Waals surface area contributed by atoms with E-state index in [1.54, 1.807) is 40.5 Å². The summed E-state index contributed by atoms with van der Waals surface area (Å²) in [6.45, 7) is 0.911. The van der Waals surface area contributed by atoms with Gasteiger partial charge in [0, 0.05) is 35.6 Å². The molecule has 1 aliphatic rings. The number of likely N-dealkylation sites (tertiary alicyclic amines) is 1. The van der Waals surface area contributed by atoms with Gasteiger partial charge in [-0.3, -0.25) is 14.4 Å². The number of carboxylic acids is 1. The molecule has 1 aliphatic heterocycles. The maximum Gasteiger partial charge on any atom is 0.306 e. The summed E-state index contributed by atoms with van der Waals surface area (Å²) in [4.78, 5) is 38.4. The number of carbonyl (C=O) groups is 3. The lowest BCUT2D eigenvalue weighted by Gasteiger charge is -2.30. The molecule has 7 heteroatoms. The lowest BCUT2D eigenvalue weighted by atomic mass is 9.96. The van der Waals surface area contributed by atoms with Crippen LogP contribution in [0.2, 0.25) is 0 Å². The highest BCUT2D eigenvalue weighted by Crippen LogP contribution is 2.20. The number of hydrogen-bond donors (Lipinski definition) is 2. The third-order valence-electron chi connectivity index (χ3n) is 4.73. The molecular weight excluding hydrogens is 364 g/mol. The number of thiophene rings is 1. The van der Waals surface area contributed by atoms with Crippen LogP contribution in [0.5, 0.6) is 0 Å². The van der Waals surface area contributed by atoms with E-state index in [2.05, 4.69) is 5.32 Å². The van der Waals surface area contributed by atoms with Gasteiger partial charge in [0.25, 0.3) is 5.91 Å². The van der Waals surface area contributed by atoms with Crippen LogP contribution in [0.15, 0.2) is 41.8 Å². The first-order valence-electron chi connectivity index (χ1n) is 8.97. The van der Waals surface area contributed by atoms with Crippen LogP contribution < -0.4 is 5.32 Å². The summed E-state index contributed by atoms with van der Waals surface area (Å²) in [6, 6.07) is 10.8. The highest BCUT2D eigenvalue weighted by atomic mass is 32.1. The summed E-state index contributed by atoms with van der Waals surface area (Å²) in [5.41, 5.74) is 1.20. The van der Waals surface area contributed by atoms with Crippen molar-refractivity contribution in [3.05, 3.63) is 52.2 Å². The second-order valence-electron chi connectivity index (χ2n) is 6.61. The molecule has 2 N–H and O–H groups in total. The van der Waals surface area contributed by atoms with Crippen LogP contribution in [-0.2, 0) is 16.0 Å². The van der Waals surface area contributed by atoms with Crippen molar-refractivity contribution >= 4 is 34.8 Å². The van der Waals surface area contributed by atoms with Crippen molar-refractivity contribution in [3.63, 3.8) is 0 Å². The van der Waals surface area contributed by atoms with E-state index in [1.165, 1.54) is 4.88 Å². The van der Waals surface area contributed by atoms with E-state index in [-0.39, 0.29) is 17.7 Å². The van der Waals surface area contributed by atoms with Gasteiger partial charge in [-0.15, -0.1) is 11.3 Å². The molecule has 0 radical (unpaired) electrons. The molecule has 1 saturated heterocycles. The molecule has 3 rings (SSSR count). The van der Waals surface area contributed by atoms with Crippen molar-refractivity contribution < 1.29 is 19.5 Å². The van der Waals surface area contributed by atoms with Crippen LogP contribution in [0.25, 0.3) is 0 Å². The first-order valence-corrected chi connectivity index (χ1v) is 9.85. The molecule has 0 atom stereocenters. The molecule has 0 bridgehead atoms. The number of nitrogens with zero attached hydrogens (tertiary/aromatic N) is 1. The van der Waals surface area contributed by atoms with Gasteiger partial charge in [-0.25, -0.2) is 0 Å². The smallest absolute Gasteiger partial charge is 0.306 e. The number of benzene rings is 1. The Morgan fingerprint density at radius 1 is 1.11 bits per heavy atom. The first-order chi connectivity index (χ1) is 13.0. The van der Waals surface area contributed by atoms with Crippen LogP contribution in [0.4, 0.5) is 5.69 Å². The molecule has 27 heavy (non-hydrogen) atoms. The predicted molar refractivity (Wildman–Crippen MR) is 104 cm³/mol. The fourth-order valence-electron chi connectivity index (χ4n) is 3.12. The van der Waals surface area contributed by atoms with Gasteiger partial charge in [0.05, 0.1) is 5.92 Å². The summed E-state index contributed by atoms with van der Waals surface area (Å²) in [5.74, 6) is -1.31. The largest absolute Gasteiger partial charge is 0.481 e. The van der Waals surface area contributed by atoms with Gasteiger partial charge in [-0.1, -0.05) is 6.07 Å². The van der Waals surface area contributed by atoms with E-state index >= 15 is 0 Å². The Kier molecular flexibility index (Phi) is 6.24. The van der Waals surface area contributed by atoms with Gasteiger partial charge in [-0.05, 0) is 55.0 Å². The van der Waals surface area contributed by atoms with E-state index in [1.807, 2.05) is 17.5 Å². The molecule has 1 aromatic heterocycles. The minimum absolute atomic E-state index is 0.0572. The first kappa shape index (κ1) is 19.1. The molecule has 2 amide bonds. The Labute approximate surface area is 161 Å². The minimum atomic E-state index is -0.790. The Morgan fingerprint density at radius 2 is 1.81 bits per heavy atom. The molecule has 0 unspecified atom stereocenters. The third kappa shape index (κ3) is 5.17. The number of nitrogens with one attached hydrogen (secondary N) is 1. The average molecular weight is 386 g/mol. The number of piperidine rings is 1. The monoisotopic (exact) mass is 386 g/mol. The van der Waals surface area contributed by atoms with E-state index in [9.17, 15) is 14.4 Å². The number of carbonyl (C=O) groups excluding carboxylic acids is 2. The highest BCUT2D eigenvalue weighted by Gasteiger charge is 2.27. The van der Waals surface area contributed by atoms with E-state index in [0.29, 0.717) is 50.0 Å². The van der Waals surface area contributed by atoms with Gasteiger partial charge < -0.3 is 15.3 Å². The second-order valence-corrected chi connectivity index (χ2v) is 7.64. The van der Waals surface area contributed by atoms with Gasteiger partial charge in [0.2, 0.25) is 5.91 Å². The van der Waals surface area contributed by atoms with Crippen molar-refractivity contribution in [2.45, 2.75) is 25.7 Å². The highest BCUT2D eigenvalue weighted by molar-refractivity contribution is 7.09. The summed E-state index contributed by atoms with van der Waals surface area (Å²) in [6.07, 6.45) is 2.10. The van der Waals surface area contributed by atoms with E-state index in [0.717, 1.165) is 0 Å². The van der Waals surface area contributed by atoms with Crippen LogP contribution in [0.3, 0.4) is 0 Å². The van der Waals surface area contributed by atoms with Gasteiger partial charge in [0.15, 0.2) is 0 Å². The number of carboxylic acid groups (broad SMARTS) is 1. The number of rotatable bonds is 6. The number of anilines is 1. The summed E-state index contributed by atoms with van der Waals surface area (Å²) < 4.78 is 0. The topological polar surface area (TPSA) is 86.7 Å². The minimum Gasteiger partial charge on any atom is -0.481 e. The molecule has 2 heterocycles. The second kappa shape index (κ2) is 8.81. The van der Waals surface area contributed by atoms with Crippen LogP contribution >= 0.6 is 11.3 Å². The Hall–Kier alpha value is -2.67. The van der Waals surface area contributed by atoms with Crippen molar-refractivity contribution in [3.8, 4) is 0 Å². The van der Waals surface area contributed by atoms with Crippen LogP contribution in [0.1, 0.15) is 34.5 Å². The molecular formula is C20H22N2O4S. The predicted octanol–water partition coefficient (Wildman–Crippen LogP) is 3.26. The Bertz CT molecular complexity index is 794. The van der Waals surface area contributed by atoms with Crippen molar-refractivity contribution in [2.75, 3.05) is 18.4 Å². The Morgan fingerprint density at radius 3 is 2.41 bits per heavy atom. The molecule has 142 valence electrons. The number of hydrogen-bond acceptors (Lipinski definition) is 4. The molecule has 0 saturated carbocycles. The zero-order valence-corrected chi connectivity index (χ0v) is 15.7. The molecule has 0 aliphatic carbocycles. The van der Waals surface area contributed by atoms with E-state index in [4.69, 9.17) is 5.11 Å². The van der Waals surface area contributed by atoms with Crippen LogP contribution in [-0.4, -0.2) is 40.9 Å². The summed E-state index contributed by atoms with van der Waals surface area (Å²) in [5, 5.41) is 13.9. The Balaban J connectivity index is 1.50. The zero-order chi connectivity index (χ0) is 19.2. The molecule has 2 aromatic rings. The normalized spacial score (nSPS) is 14.7. The quantitative estimate of drug-likeness (QED) is 0.798. The number of amides is 2. The van der Waals surface area contributed by atoms with Gasteiger partial charge >= 0.3 is 5.97 Å². The third-order valence-corrected chi connectivity index (χ3v) is 5.66. The van der Waals surface area contributed by atoms with E-state index < -0.39 is 5.97 Å². The fourth-order valence-corrected chi connectivity index (χ4v) is 3.83. The van der Waals surface area contributed by atoms with Gasteiger partial charge in [-0.2, -0.15) is 0 Å².